The molecular formula is C18H24N6O. The van der Waals surface area contributed by atoms with Gasteiger partial charge in [0.15, 0.2) is 0 Å². The molecule has 1 aliphatic heterocycles. The van der Waals surface area contributed by atoms with Crippen molar-refractivity contribution in [3.05, 3.63) is 54.5 Å². The second-order valence-corrected chi connectivity index (χ2v) is 6.13. The molecule has 1 aromatic heterocycles. The molecule has 0 bridgehead atoms. The summed E-state index contributed by atoms with van der Waals surface area (Å²) in [5.74, 6) is 0.707. The molecule has 1 aliphatic rings. The number of benzene rings is 1. The minimum atomic E-state index is -0.0251. The van der Waals surface area contributed by atoms with Crippen molar-refractivity contribution in [3.8, 4) is 0 Å². The van der Waals surface area contributed by atoms with Crippen molar-refractivity contribution in [2.45, 2.75) is 6.04 Å². The van der Waals surface area contributed by atoms with Crippen molar-refractivity contribution < 1.29 is 4.79 Å². The number of likely N-dealkylation sites (N-methyl/N-ethyl adjacent to an activating group) is 1. The fourth-order valence-corrected chi connectivity index (χ4v) is 2.97. The van der Waals surface area contributed by atoms with Crippen molar-refractivity contribution >= 4 is 11.8 Å². The first-order chi connectivity index (χ1) is 12.2. The van der Waals surface area contributed by atoms with Crippen LogP contribution in [0.1, 0.15) is 11.6 Å². The summed E-state index contributed by atoms with van der Waals surface area (Å²) < 4.78 is 0. The van der Waals surface area contributed by atoms with Crippen LogP contribution in [0, 0.1) is 0 Å². The van der Waals surface area contributed by atoms with Crippen molar-refractivity contribution in [2.75, 3.05) is 45.1 Å². The third-order valence-electron chi connectivity index (χ3n) is 4.30. The summed E-state index contributed by atoms with van der Waals surface area (Å²) in [6.07, 6.45) is 4.92. The fourth-order valence-electron chi connectivity index (χ4n) is 2.97. The predicted molar refractivity (Wildman–Crippen MR) is 97.3 cm³/mol. The maximum absolute atomic E-state index is 12.6. The van der Waals surface area contributed by atoms with E-state index in [1.165, 1.54) is 5.56 Å². The van der Waals surface area contributed by atoms with Crippen LogP contribution < -0.4 is 10.6 Å². The number of hydrogen-bond donors (Lipinski definition) is 2. The number of nitrogens with zero attached hydrogens (tertiary/aromatic N) is 4. The largest absolute Gasteiger partial charge is 0.367 e. The summed E-state index contributed by atoms with van der Waals surface area (Å²) in [6, 6.07) is 10.3. The Morgan fingerprint density at radius 2 is 2.04 bits per heavy atom. The highest BCUT2D eigenvalue weighted by Crippen LogP contribution is 2.24. The predicted octanol–water partition coefficient (Wildman–Crippen LogP) is 1.59. The number of carbonyl (C=O) groups is 1. The minimum absolute atomic E-state index is 0.0251. The van der Waals surface area contributed by atoms with E-state index in [0.29, 0.717) is 18.9 Å². The molecule has 0 radical (unpaired) electrons. The van der Waals surface area contributed by atoms with E-state index in [1.807, 2.05) is 23.1 Å². The van der Waals surface area contributed by atoms with Crippen LogP contribution >= 0.6 is 0 Å². The molecule has 25 heavy (non-hydrogen) atoms. The van der Waals surface area contributed by atoms with E-state index < -0.39 is 0 Å². The molecule has 1 saturated heterocycles. The van der Waals surface area contributed by atoms with Gasteiger partial charge in [-0.25, -0.2) is 9.78 Å². The molecule has 0 unspecified atom stereocenters. The Hall–Kier alpha value is -2.67. The Labute approximate surface area is 148 Å². The summed E-state index contributed by atoms with van der Waals surface area (Å²) in [4.78, 5) is 25.0. The van der Waals surface area contributed by atoms with Crippen LogP contribution in [0.4, 0.5) is 10.6 Å². The van der Waals surface area contributed by atoms with Crippen LogP contribution in [-0.4, -0.2) is 65.6 Å². The summed E-state index contributed by atoms with van der Waals surface area (Å²) in [5, 5.41) is 6.13. The molecule has 7 nitrogen and oxygen atoms in total. The zero-order chi connectivity index (χ0) is 17.5. The lowest BCUT2D eigenvalue weighted by Gasteiger charge is -2.40. The molecule has 1 fully saturated rings. The monoisotopic (exact) mass is 340 g/mol. The van der Waals surface area contributed by atoms with Gasteiger partial charge in [0.05, 0.1) is 12.2 Å². The van der Waals surface area contributed by atoms with Crippen LogP contribution in [0.3, 0.4) is 0 Å². The Bertz CT molecular complexity index is 666. The quantitative estimate of drug-likeness (QED) is 0.809. The Balaban J connectivity index is 1.54. The van der Waals surface area contributed by atoms with Gasteiger partial charge in [0.1, 0.15) is 5.82 Å². The minimum Gasteiger partial charge on any atom is -0.367 e. The van der Waals surface area contributed by atoms with E-state index in [-0.39, 0.29) is 12.1 Å². The van der Waals surface area contributed by atoms with Crippen LogP contribution in [0.5, 0.6) is 0 Å². The molecule has 0 spiro atoms. The van der Waals surface area contributed by atoms with Gasteiger partial charge in [-0.15, -0.1) is 0 Å². The third-order valence-corrected chi connectivity index (χ3v) is 4.30. The maximum atomic E-state index is 12.6. The van der Waals surface area contributed by atoms with Gasteiger partial charge in [0, 0.05) is 45.1 Å². The molecule has 2 aromatic rings. The second kappa shape index (κ2) is 8.43. The molecule has 132 valence electrons. The first-order valence-corrected chi connectivity index (χ1v) is 8.52. The molecule has 1 aromatic carbocycles. The van der Waals surface area contributed by atoms with Crippen LogP contribution in [0.2, 0.25) is 0 Å². The molecule has 2 N–H and O–H groups in total. The zero-order valence-electron chi connectivity index (χ0n) is 14.4. The second-order valence-electron chi connectivity index (χ2n) is 6.13. The number of urea groups is 1. The molecule has 2 amide bonds. The van der Waals surface area contributed by atoms with E-state index in [0.717, 1.165) is 19.6 Å². The van der Waals surface area contributed by atoms with E-state index in [4.69, 9.17) is 0 Å². The first kappa shape index (κ1) is 17.2. The van der Waals surface area contributed by atoms with Crippen molar-refractivity contribution in [1.82, 2.24) is 25.1 Å². The lowest BCUT2D eigenvalue weighted by molar-refractivity contribution is 0.109. The molecule has 7 heteroatoms. The molecule has 0 aliphatic carbocycles. The van der Waals surface area contributed by atoms with Crippen LogP contribution in [0.25, 0.3) is 0 Å². The zero-order valence-corrected chi connectivity index (χ0v) is 14.4. The van der Waals surface area contributed by atoms with Crippen LogP contribution in [-0.2, 0) is 0 Å². The first-order valence-electron chi connectivity index (χ1n) is 8.52. The Kier molecular flexibility index (Phi) is 5.79. The van der Waals surface area contributed by atoms with Gasteiger partial charge in [-0.05, 0) is 12.6 Å². The summed E-state index contributed by atoms with van der Waals surface area (Å²) in [6.45, 7) is 3.58. The van der Waals surface area contributed by atoms with Gasteiger partial charge in [0.2, 0.25) is 0 Å². The lowest BCUT2D eigenvalue weighted by Crippen LogP contribution is -2.52. The number of carbonyl (C=O) groups excluding carboxylic acids is 1. The lowest BCUT2D eigenvalue weighted by atomic mass is 10.0. The maximum Gasteiger partial charge on any atom is 0.318 e. The topological polar surface area (TPSA) is 73.4 Å². The number of aromatic nitrogens is 2. The summed E-state index contributed by atoms with van der Waals surface area (Å²) >= 11 is 0. The van der Waals surface area contributed by atoms with E-state index in [2.05, 4.69) is 44.7 Å². The van der Waals surface area contributed by atoms with Crippen molar-refractivity contribution in [3.63, 3.8) is 0 Å². The Morgan fingerprint density at radius 3 is 2.80 bits per heavy atom. The van der Waals surface area contributed by atoms with E-state index in [1.54, 1.807) is 18.6 Å². The molecule has 1 atom stereocenters. The number of piperazine rings is 1. The van der Waals surface area contributed by atoms with E-state index >= 15 is 0 Å². The van der Waals surface area contributed by atoms with Gasteiger partial charge < -0.3 is 20.4 Å². The van der Waals surface area contributed by atoms with Gasteiger partial charge in [-0.2, -0.15) is 0 Å². The molecule has 3 rings (SSSR count). The van der Waals surface area contributed by atoms with Crippen molar-refractivity contribution in [1.29, 1.82) is 0 Å². The van der Waals surface area contributed by atoms with Crippen molar-refractivity contribution in [2.24, 2.45) is 0 Å². The summed E-state index contributed by atoms with van der Waals surface area (Å²) in [7, 11) is 2.09. The number of hydrogen-bond acceptors (Lipinski definition) is 5. The number of rotatable bonds is 5. The normalized spacial score (nSPS) is 18.0. The van der Waals surface area contributed by atoms with Gasteiger partial charge >= 0.3 is 6.03 Å². The number of anilines is 1. The highest BCUT2D eigenvalue weighted by atomic mass is 16.2. The average molecular weight is 340 g/mol. The Morgan fingerprint density at radius 1 is 1.20 bits per heavy atom. The highest BCUT2D eigenvalue weighted by Gasteiger charge is 2.29. The average Bonchev–Trinajstić information content (AvgIpc) is 2.66. The fraction of sp³-hybridized carbons (Fsp3) is 0.389. The molecule has 2 heterocycles. The van der Waals surface area contributed by atoms with E-state index in [9.17, 15) is 4.79 Å². The van der Waals surface area contributed by atoms with Gasteiger partial charge in [0.25, 0.3) is 0 Å². The number of nitrogens with one attached hydrogen (secondary N) is 2. The number of amides is 2. The standard InChI is InChI=1S/C18H24N6O/c1-23-11-12-24(16(14-23)15-5-3-2-4-6-15)18(25)22-10-9-21-17-13-19-7-8-20-17/h2-8,13,16H,9-12,14H2,1H3,(H,20,21)(H,22,25)/t16-/m0/s1. The van der Waals surface area contributed by atoms with Crippen LogP contribution in [0.15, 0.2) is 48.9 Å². The SMILES string of the molecule is CN1CCN(C(=O)NCCNc2cnccn2)[C@H](c2ccccc2)C1. The molecular weight excluding hydrogens is 316 g/mol. The smallest absolute Gasteiger partial charge is 0.318 e. The third kappa shape index (κ3) is 4.67. The van der Waals surface area contributed by atoms with Gasteiger partial charge in [-0.1, -0.05) is 30.3 Å². The molecule has 0 saturated carbocycles. The highest BCUT2D eigenvalue weighted by molar-refractivity contribution is 5.75. The summed E-state index contributed by atoms with van der Waals surface area (Å²) in [5.41, 5.74) is 1.17. The van der Waals surface area contributed by atoms with Gasteiger partial charge in [-0.3, -0.25) is 4.98 Å².